The van der Waals surface area contributed by atoms with Gasteiger partial charge in [-0.2, -0.15) is 0 Å². The molecule has 0 aromatic carbocycles. The van der Waals surface area contributed by atoms with E-state index in [1.807, 2.05) is 22.4 Å². The van der Waals surface area contributed by atoms with Crippen LogP contribution in [0.3, 0.4) is 0 Å². The van der Waals surface area contributed by atoms with Gasteiger partial charge in [0.1, 0.15) is 0 Å². The second-order valence-electron chi connectivity index (χ2n) is 7.19. The molecule has 3 rings (SSSR count). The number of carbonyl (C=O) groups excluding carboxylic acids is 1. The summed E-state index contributed by atoms with van der Waals surface area (Å²) in [5.41, 5.74) is 0. The lowest BCUT2D eigenvalue weighted by molar-refractivity contribution is -0.132. The molecule has 2 atom stereocenters. The van der Waals surface area contributed by atoms with Crippen molar-refractivity contribution in [2.45, 2.75) is 50.7 Å². The van der Waals surface area contributed by atoms with E-state index in [1.54, 1.807) is 11.3 Å². The van der Waals surface area contributed by atoms with Crippen molar-refractivity contribution in [1.29, 1.82) is 0 Å². The molecule has 3 heterocycles. The Morgan fingerprint density at radius 2 is 2.08 bits per heavy atom. The zero-order chi connectivity index (χ0) is 17.5. The van der Waals surface area contributed by atoms with Crippen molar-refractivity contribution in [2.24, 2.45) is 0 Å². The molecular formula is C19H32ClN3O2S. The molecule has 7 heteroatoms. The topological polar surface area (TPSA) is 55.8 Å². The van der Waals surface area contributed by atoms with E-state index in [-0.39, 0.29) is 24.4 Å². The number of nitrogens with zero attached hydrogens (tertiary/aromatic N) is 2. The molecule has 0 spiro atoms. The van der Waals surface area contributed by atoms with Crippen LogP contribution in [0.4, 0.5) is 0 Å². The van der Waals surface area contributed by atoms with Crippen LogP contribution in [0.1, 0.15) is 49.5 Å². The quantitative estimate of drug-likeness (QED) is 0.769. The Kier molecular flexibility index (Phi) is 9.36. The van der Waals surface area contributed by atoms with Gasteiger partial charge < -0.3 is 15.3 Å². The zero-order valence-corrected chi connectivity index (χ0v) is 17.1. The number of halogens is 1. The fraction of sp³-hybridized carbons (Fsp3) is 0.737. The number of piperazine rings is 1. The molecule has 1 aromatic heterocycles. The summed E-state index contributed by atoms with van der Waals surface area (Å²) in [6.45, 7) is 5.36. The average molecular weight is 402 g/mol. The Labute approximate surface area is 167 Å². The van der Waals surface area contributed by atoms with Crippen LogP contribution in [0, 0.1) is 0 Å². The highest BCUT2D eigenvalue weighted by molar-refractivity contribution is 7.10. The van der Waals surface area contributed by atoms with Crippen molar-refractivity contribution in [3.8, 4) is 0 Å². The van der Waals surface area contributed by atoms with Gasteiger partial charge >= 0.3 is 0 Å². The first-order valence-electron chi connectivity index (χ1n) is 9.68. The average Bonchev–Trinajstić information content (AvgIpc) is 3.10. The number of hydrogen-bond acceptors (Lipinski definition) is 5. The summed E-state index contributed by atoms with van der Waals surface area (Å²) < 4.78 is 0. The predicted octanol–water partition coefficient (Wildman–Crippen LogP) is 2.66. The second kappa shape index (κ2) is 11.2. The number of aliphatic hydroxyl groups excluding tert-OH is 1. The van der Waals surface area contributed by atoms with Gasteiger partial charge in [0.25, 0.3) is 0 Å². The third kappa shape index (κ3) is 6.20. The normalized spacial score (nSPS) is 23.1. The van der Waals surface area contributed by atoms with Gasteiger partial charge in [-0.15, -0.1) is 23.7 Å². The minimum Gasteiger partial charge on any atom is -0.388 e. The van der Waals surface area contributed by atoms with E-state index in [1.165, 1.54) is 19.3 Å². The van der Waals surface area contributed by atoms with Gasteiger partial charge in [0, 0.05) is 50.1 Å². The molecule has 0 aliphatic carbocycles. The number of amides is 1. The van der Waals surface area contributed by atoms with Crippen molar-refractivity contribution in [2.75, 3.05) is 39.3 Å². The van der Waals surface area contributed by atoms with Crippen LogP contribution in [-0.2, 0) is 4.79 Å². The molecule has 26 heavy (non-hydrogen) atoms. The molecule has 0 radical (unpaired) electrons. The lowest BCUT2D eigenvalue weighted by Crippen LogP contribution is -2.47. The molecule has 2 aliphatic heterocycles. The number of hydrogen-bond donors (Lipinski definition) is 2. The van der Waals surface area contributed by atoms with Crippen LogP contribution in [0.25, 0.3) is 0 Å². The van der Waals surface area contributed by atoms with E-state index in [0.29, 0.717) is 12.5 Å². The summed E-state index contributed by atoms with van der Waals surface area (Å²) in [5.74, 6) is 0.281. The molecule has 2 unspecified atom stereocenters. The molecule has 2 N–H and O–H groups in total. The Morgan fingerprint density at radius 1 is 1.27 bits per heavy atom. The number of thiophene rings is 1. The van der Waals surface area contributed by atoms with Crippen LogP contribution in [-0.4, -0.2) is 66.1 Å². The van der Waals surface area contributed by atoms with Gasteiger partial charge in [0.15, 0.2) is 0 Å². The summed E-state index contributed by atoms with van der Waals surface area (Å²) in [4.78, 5) is 18.0. The molecule has 5 nitrogen and oxygen atoms in total. The molecule has 2 saturated heterocycles. The van der Waals surface area contributed by atoms with Gasteiger partial charge in [0.2, 0.25) is 5.91 Å². The minimum absolute atomic E-state index is 0. The maximum atomic E-state index is 12.5. The van der Waals surface area contributed by atoms with Gasteiger partial charge in [-0.25, -0.2) is 0 Å². The standard InChI is InChI=1S/C19H31N3O2S.ClH/c23-17(18-6-4-14-25-18)15-16-5-2-1-3-10-21(16)11-7-19(24)22-12-8-20-9-13-22;/h4,6,14,16-17,20,23H,1-3,5,7-13,15H2;1H. The molecule has 1 aromatic rings. The second-order valence-corrected chi connectivity index (χ2v) is 8.17. The number of aliphatic hydroxyl groups is 1. The van der Waals surface area contributed by atoms with Gasteiger partial charge in [-0.3, -0.25) is 9.69 Å². The van der Waals surface area contributed by atoms with Crippen LogP contribution in [0.2, 0.25) is 0 Å². The lowest BCUT2D eigenvalue weighted by Gasteiger charge is -2.33. The summed E-state index contributed by atoms with van der Waals surface area (Å²) in [6, 6.07) is 4.40. The third-order valence-electron chi connectivity index (χ3n) is 5.45. The lowest BCUT2D eigenvalue weighted by atomic mass is 10.0. The molecule has 1 amide bonds. The number of rotatable bonds is 6. The van der Waals surface area contributed by atoms with Gasteiger partial charge in [0.05, 0.1) is 6.10 Å². The fourth-order valence-electron chi connectivity index (χ4n) is 3.96. The zero-order valence-electron chi connectivity index (χ0n) is 15.4. The monoisotopic (exact) mass is 401 g/mol. The summed E-state index contributed by atoms with van der Waals surface area (Å²) in [5, 5.41) is 15.9. The first-order chi connectivity index (χ1) is 12.2. The van der Waals surface area contributed by atoms with Crippen LogP contribution < -0.4 is 5.32 Å². The van der Waals surface area contributed by atoms with Crippen LogP contribution in [0.5, 0.6) is 0 Å². The maximum Gasteiger partial charge on any atom is 0.223 e. The van der Waals surface area contributed by atoms with E-state index >= 15 is 0 Å². The summed E-state index contributed by atoms with van der Waals surface area (Å²) in [7, 11) is 0. The van der Waals surface area contributed by atoms with E-state index in [4.69, 9.17) is 0 Å². The Bertz CT molecular complexity index is 523. The molecule has 0 bridgehead atoms. The predicted molar refractivity (Wildman–Crippen MR) is 109 cm³/mol. The molecular weight excluding hydrogens is 370 g/mol. The smallest absolute Gasteiger partial charge is 0.223 e. The van der Waals surface area contributed by atoms with E-state index in [9.17, 15) is 9.90 Å². The van der Waals surface area contributed by atoms with Crippen molar-refractivity contribution in [3.63, 3.8) is 0 Å². The largest absolute Gasteiger partial charge is 0.388 e. The summed E-state index contributed by atoms with van der Waals surface area (Å²) >= 11 is 1.63. The molecule has 0 saturated carbocycles. The van der Waals surface area contributed by atoms with Crippen molar-refractivity contribution in [1.82, 2.24) is 15.1 Å². The Balaban J connectivity index is 0.00000243. The van der Waals surface area contributed by atoms with E-state index in [0.717, 1.165) is 57.0 Å². The molecule has 2 fully saturated rings. The fourth-order valence-corrected chi connectivity index (χ4v) is 4.69. The highest BCUT2D eigenvalue weighted by atomic mass is 35.5. The molecule has 2 aliphatic rings. The first-order valence-corrected chi connectivity index (χ1v) is 10.6. The maximum absolute atomic E-state index is 12.5. The highest BCUT2D eigenvalue weighted by Gasteiger charge is 2.26. The van der Waals surface area contributed by atoms with Crippen molar-refractivity contribution in [3.05, 3.63) is 22.4 Å². The van der Waals surface area contributed by atoms with Gasteiger partial charge in [-0.05, 0) is 37.3 Å². The highest BCUT2D eigenvalue weighted by Crippen LogP contribution is 2.28. The minimum atomic E-state index is -0.380. The van der Waals surface area contributed by atoms with Crippen LogP contribution in [0.15, 0.2) is 17.5 Å². The van der Waals surface area contributed by atoms with Crippen molar-refractivity contribution < 1.29 is 9.90 Å². The van der Waals surface area contributed by atoms with E-state index < -0.39 is 0 Å². The third-order valence-corrected chi connectivity index (χ3v) is 6.42. The number of carbonyl (C=O) groups is 1. The number of likely N-dealkylation sites (tertiary alicyclic amines) is 1. The first kappa shape index (κ1) is 21.6. The Morgan fingerprint density at radius 3 is 2.81 bits per heavy atom. The Hall–Kier alpha value is -0.660. The SMILES string of the molecule is Cl.O=C(CCN1CCCCCC1CC(O)c1cccs1)N1CCNCC1. The number of nitrogens with one attached hydrogen (secondary N) is 1. The molecule has 148 valence electrons. The van der Waals surface area contributed by atoms with Crippen LogP contribution >= 0.6 is 23.7 Å². The van der Waals surface area contributed by atoms with Crippen molar-refractivity contribution >= 4 is 29.7 Å². The summed E-state index contributed by atoms with van der Waals surface area (Å²) in [6.07, 6.45) is 5.82. The van der Waals surface area contributed by atoms with E-state index in [2.05, 4.69) is 10.2 Å². The van der Waals surface area contributed by atoms with Gasteiger partial charge in [-0.1, -0.05) is 18.9 Å².